The molecule has 0 unspecified atom stereocenters. The van der Waals surface area contributed by atoms with E-state index in [2.05, 4.69) is 10.5 Å². The molecule has 0 aliphatic rings. The lowest BCUT2D eigenvalue weighted by Crippen LogP contribution is -2.58. The van der Waals surface area contributed by atoms with E-state index in [0.717, 1.165) is 4.80 Å². The Balaban J connectivity index is 1.91. The number of carbonyl (C=O) groups excluding carboxylic acids is 2. The maximum Gasteiger partial charge on any atom is 0.339 e. The summed E-state index contributed by atoms with van der Waals surface area (Å²) in [7, 11) is 0. The number of aromatic nitrogens is 3. The maximum atomic E-state index is 12.5. The first-order valence-electron chi connectivity index (χ1n) is 7.10. The lowest BCUT2D eigenvalue weighted by molar-refractivity contribution is -0.723. The van der Waals surface area contributed by atoms with Crippen molar-refractivity contribution in [1.82, 2.24) is 9.90 Å². The van der Waals surface area contributed by atoms with Gasteiger partial charge < -0.3 is 0 Å². The van der Waals surface area contributed by atoms with E-state index >= 15 is 0 Å². The molecule has 3 aromatic rings. The number of carbonyl (C=O) groups is 2. The summed E-state index contributed by atoms with van der Waals surface area (Å²) in [5, 5.41) is 4.05. The highest BCUT2D eigenvalue weighted by Gasteiger charge is 2.24. The monoisotopic (exact) mass is 307 g/mol. The van der Waals surface area contributed by atoms with Gasteiger partial charge in [0.05, 0.1) is 9.90 Å². The van der Waals surface area contributed by atoms with Crippen LogP contribution in [0.4, 0.5) is 0 Å². The van der Waals surface area contributed by atoms with E-state index in [-0.39, 0.29) is 11.8 Å². The standard InChI is InChI=1S/C17H14N4O2/c1-13-12-18-21(17(23)15-10-6-3-7-11-15)20(13)19-16(22)14-8-4-2-5-9-14/h2-12H,1H3/p+1. The number of hydrogen-bond donors (Lipinski definition) is 1. The van der Waals surface area contributed by atoms with Crippen LogP contribution in [0.2, 0.25) is 0 Å². The second-order valence-electron chi connectivity index (χ2n) is 4.97. The fourth-order valence-corrected chi connectivity index (χ4v) is 2.12. The van der Waals surface area contributed by atoms with Crippen LogP contribution in [-0.4, -0.2) is 21.7 Å². The van der Waals surface area contributed by atoms with E-state index in [1.165, 1.54) is 11.0 Å². The third-order valence-electron chi connectivity index (χ3n) is 3.32. The second kappa shape index (κ2) is 6.23. The SMILES string of the molecule is Cc1cnn(C(=O)c2ccccc2)[n+]1NC(=O)c1ccccc1. The zero-order valence-electron chi connectivity index (χ0n) is 12.5. The van der Waals surface area contributed by atoms with Crippen molar-refractivity contribution in [2.75, 3.05) is 5.43 Å². The Hall–Kier alpha value is -3.28. The van der Waals surface area contributed by atoms with Crippen LogP contribution in [0.3, 0.4) is 0 Å². The summed E-state index contributed by atoms with van der Waals surface area (Å²) in [5.41, 5.74) is 4.30. The molecule has 2 aromatic carbocycles. The zero-order chi connectivity index (χ0) is 16.2. The third-order valence-corrected chi connectivity index (χ3v) is 3.32. The van der Waals surface area contributed by atoms with E-state index in [0.29, 0.717) is 16.8 Å². The quantitative estimate of drug-likeness (QED) is 0.747. The van der Waals surface area contributed by atoms with Gasteiger partial charge in [0.15, 0.2) is 5.69 Å². The van der Waals surface area contributed by atoms with Crippen LogP contribution in [0, 0.1) is 6.92 Å². The van der Waals surface area contributed by atoms with Gasteiger partial charge >= 0.3 is 5.91 Å². The highest BCUT2D eigenvalue weighted by molar-refractivity contribution is 5.99. The van der Waals surface area contributed by atoms with Crippen molar-refractivity contribution in [3.05, 3.63) is 83.7 Å². The molecule has 0 atom stereocenters. The van der Waals surface area contributed by atoms with E-state index in [4.69, 9.17) is 0 Å². The number of nitrogens with one attached hydrogen (secondary N) is 1. The molecule has 1 amide bonds. The van der Waals surface area contributed by atoms with Crippen molar-refractivity contribution < 1.29 is 14.4 Å². The minimum atomic E-state index is -0.327. The summed E-state index contributed by atoms with van der Waals surface area (Å²) in [6, 6.07) is 17.6. The van der Waals surface area contributed by atoms with Crippen LogP contribution < -0.4 is 10.2 Å². The molecule has 0 radical (unpaired) electrons. The summed E-state index contributed by atoms with van der Waals surface area (Å²) < 4.78 is 0. The van der Waals surface area contributed by atoms with E-state index in [9.17, 15) is 9.59 Å². The van der Waals surface area contributed by atoms with Crippen LogP contribution in [0.15, 0.2) is 66.9 Å². The average molecular weight is 307 g/mol. The minimum Gasteiger partial charge on any atom is -0.266 e. The molecule has 114 valence electrons. The van der Waals surface area contributed by atoms with Crippen molar-refractivity contribution in [2.45, 2.75) is 6.92 Å². The van der Waals surface area contributed by atoms with Crippen molar-refractivity contribution in [3.8, 4) is 0 Å². The first kappa shape index (κ1) is 14.6. The van der Waals surface area contributed by atoms with Crippen LogP contribution in [0.1, 0.15) is 26.4 Å². The van der Waals surface area contributed by atoms with Crippen molar-refractivity contribution in [2.24, 2.45) is 0 Å². The van der Waals surface area contributed by atoms with E-state index in [1.54, 1.807) is 55.5 Å². The first-order chi connectivity index (χ1) is 11.2. The molecule has 1 N–H and O–H groups in total. The average Bonchev–Trinajstić information content (AvgIpc) is 2.96. The van der Waals surface area contributed by atoms with Gasteiger partial charge in [-0.2, -0.15) is 5.43 Å². The number of benzene rings is 2. The van der Waals surface area contributed by atoms with Gasteiger partial charge in [-0.15, -0.1) is 0 Å². The summed E-state index contributed by atoms with van der Waals surface area (Å²) in [6.07, 6.45) is 1.52. The summed E-state index contributed by atoms with van der Waals surface area (Å²) in [6.45, 7) is 1.76. The molecule has 1 aromatic heterocycles. The summed E-state index contributed by atoms with van der Waals surface area (Å²) >= 11 is 0. The van der Waals surface area contributed by atoms with Crippen LogP contribution >= 0.6 is 0 Å². The van der Waals surface area contributed by atoms with Crippen LogP contribution in [-0.2, 0) is 0 Å². The summed E-state index contributed by atoms with van der Waals surface area (Å²) in [5.74, 6) is -0.645. The smallest absolute Gasteiger partial charge is 0.266 e. The fraction of sp³-hybridized carbons (Fsp3) is 0.0588. The molecule has 6 heteroatoms. The van der Waals surface area contributed by atoms with Gasteiger partial charge in [0, 0.05) is 18.1 Å². The Labute approximate surface area is 132 Å². The van der Waals surface area contributed by atoms with E-state index < -0.39 is 0 Å². The summed E-state index contributed by atoms with van der Waals surface area (Å²) in [4.78, 5) is 27.3. The Morgan fingerprint density at radius 1 is 0.957 bits per heavy atom. The van der Waals surface area contributed by atoms with Crippen molar-refractivity contribution in [3.63, 3.8) is 0 Å². The molecule has 0 aliphatic heterocycles. The Kier molecular flexibility index (Phi) is 3.97. The van der Waals surface area contributed by atoms with Gasteiger partial charge in [-0.3, -0.25) is 9.59 Å². The zero-order valence-corrected chi connectivity index (χ0v) is 12.5. The Bertz CT molecular complexity index is 842. The maximum absolute atomic E-state index is 12.5. The van der Waals surface area contributed by atoms with Gasteiger partial charge in [0.1, 0.15) is 0 Å². The number of aryl methyl sites for hydroxylation is 1. The predicted molar refractivity (Wildman–Crippen MR) is 83.5 cm³/mol. The molecular weight excluding hydrogens is 292 g/mol. The topological polar surface area (TPSA) is 67.9 Å². The van der Waals surface area contributed by atoms with Crippen LogP contribution in [0.25, 0.3) is 0 Å². The molecule has 0 saturated heterocycles. The predicted octanol–water partition coefficient (Wildman–Crippen LogP) is 1.55. The van der Waals surface area contributed by atoms with Crippen molar-refractivity contribution in [1.29, 1.82) is 0 Å². The lowest BCUT2D eigenvalue weighted by atomic mass is 10.2. The molecule has 0 saturated carbocycles. The molecule has 6 nitrogen and oxygen atoms in total. The van der Waals surface area contributed by atoms with Gasteiger partial charge in [0.25, 0.3) is 5.91 Å². The highest BCUT2D eigenvalue weighted by Crippen LogP contribution is 2.01. The molecule has 1 heterocycles. The van der Waals surface area contributed by atoms with Gasteiger partial charge in [-0.1, -0.05) is 36.4 Å². The van der Waals surface area contributed by atoms with Gasteiger partial charge in [-0.25, -0.2) is 0 Å². The van der Waals surface area contributed by atoms with E-state index in [1.807, 2.05) is 12.1 Å². The Morgan fingerprint density at radius 2 is 1.52 bits per heavy atom. The molecule has 0 fully saturated rings. The van der Waals surface area contributed by atoms with Crippen LogP contribution in [0.5, 0.6) is 0 Å². The lowest BCUT2D eigenvalue weighted by Gasteiger charge is -2.04. The second-order valence-corrected chi connectivity index (χ2v) is 4.97. The number of amides is 1. The minimum absolute atomic E-state index is 0.318. The highest BCUT2D eigenvalue weighted by atomic mass is 16.2. The normalized spacial score (nSPS) is 10.3. The van der Waals surface area contributed by atoms with Gasteiger partial charge in [0.2, 0.25) is 6.20 Å². The molecule has 23 heavy (non-hydrogen) atoms. The van der Waals surface area contributed by atoms with Gasteiger partial charge in [-0.05, 0) is 29.1 Å². The molecule has 0 bridgehead atoms. The fourth-order valence-electron chi connectivity index (χ4n) is 2.12. The molecule has 0 aliphatic carbocycles. The largest absolute Gasteiger partial charge is 0.339 e. The molecular formula is C17H15N4O2+. The number of nitrogens with zero attached hydrogens (tertiary/aromatic N) is 3. The Morgan fingerprint density at radius 3 is 2.13 bits per heavy atom. The van der Waals surface area contributed by atoms with Crippen molar-refractivity contribution >= 4 is 11.8 Å². The third kappa shape index (κ3) is 3.01. The number of hydrogen-bond acceptors (Lipinski definition) is 3. The number of rotatable bonds is 3. The first-order valence-corrected chi connectivity index (χ1v) is 7.10. The molecule has 0 spiro atoms. The molecule has 3 rings (SSSR count).